The molecule has 1 N–H and O–H groups in total. The van der Waals surface area contributed by atoms with E-state index < -0.39 is 21.3 Å². The maximum absolute atomic E-state index is 12.7. The third kappa shape index (κ3) is 4.01. The molecule has 2 atom stereocenters. The fraction of sp³-hybridized carbons (Fsp3) is 0.278. The van der Waals surface area contributed by atoms with Crippen molar-refractivity contribution in [3.05, 3.63) is 65.7 Å². The second-order valence-electron chi connectivity index (χ2n) is 5.56. The highest BCUT2D eigenvalue weighted by Crippen LogP contribution is 2.19. The van der Waals surface area contributed by atoms with Crippen molar-refractivity contribution in [2.45, 2.75) is 30.2 Å². The second-order valence-corrected chi connectivity index (χ2v) is 7.86. The van der Waals surface area contributed by atoms with Crippen molar-refractivity contribution >= 4 is 15.7 Å². The van der Waals surface area contributed by atoms with E-state index in [1.165, 1.54) is 14.0 Å². The first-order valence-electron chi connectivity index (χ1n) is 7.55. The molecule has 0 aliphatic rings. The molecule has 0 radical (unpaired) electrons. The average molecular weight is 347 g/mol. The number of hydrogen-bond donors (Lipinski definition) is 1. The zero-order valence-electron chi connectivity index (χ0n) is 13.9. The standard InChI is InChI=1S/C18H21NO4S/c1-13-9-11-16(12-10-13)24(21,22)14(2)18(23-3)19-17(20)15-7-5-4-6-8-15/h4-12,14,18H,1-3H3,(H,19,20)/t14-,18-/m0/s1. The van der Waals surface area contributed by atoms with Crippen LogP contribution in [0.5, 0.6) is 0 Å². The fourth-order valence-electron chi connectivity index (χ4n) is 2.28. The summed E-state index contributed by atoms with van der Waals surface area (Å²) < 4.78 is 30.7. The predicted octanol–water partition coefficient (Wildman–Crippen LogP) is 2.56. The monoisotopic (exact) mass is 347 g/mol. The summed E-state index contributed by atoms with van der Waals surface area (Å²) in [6.07, 6.45) is -0.955. The highest BCUT2D eigenvalue weighted by atomic mass is 32.2. The third-order valence-corrected chi connectivity index (χ3v) is 5.98. The van der Waals surface area contributed by atoms with Gasteiger partial charge >= 0.3 is 0 Å². The van der Waals surface area contributed by atoms with Crippen LogP contribution < -0.4 is 5.32 Å². The van der Waals surface area contributed by atoms with Gasteiger partial charge in [-0.2, -0.15) is 0 Å². The van der Waals surface area contributed by atoms with Crippen LogP contribution in [-0.2, 0) is 14.6 Å². The van der Waals surface area contributed by atoms with Gasteiger partial charge in [0.2, 0.25) is 0 Å². The van der Waals surface area contributed by atoms with E-state index in [0.717, 1.165) is 5.56 Å². The number of ether oxygens (including phenoxy) is 1. The van der Waals surface area contributed by atoms with Gasteiger partial charge in [0.1, 0.15) is 11.5 Å². The van der Waals surface area contributed by atoms with E-state index >= 15 is 0 Å². The topological polar surface area (TPSA) is 72.5 Å². The van der Waals surface area contributed by atoms with E-state index in [1.807, 2.05) is 6.92 Å². The molecule has 0 saturated carbocycles. The van der Waals surface area contributed by atoms with E-state index in [-0.39, 0.29) is 10.8 Å². The molecule has 0 aliphatic heterocycles. The minimum Gasteiger partial charge on any atom is -0.360 e. The van der Waals surface area contributed by atoms with Gasteiger partial charge in [-0.25, -0.2) is 8.42 Å². The van der Waals surface area contributed by atoms with Crippen molar-refractivity contribution in [3.63, 3.8) is 0 Å². The molecular weight excluding hydrogens is 326 g/mol. The molecule has 0 aliphatic carbocycles. The van der Waals surface area contributed by atoms with Crippen molar-refractivity contribution in [1.82, 2.24) is 5.32 Å². The second kappa shape index (κ2) is 7.59. The van der Waals surface area contributed by atoms with E-state index in [2.05, 4.69) is 5.32 Å². The van der Waals surface area contributed by atoms with Crippen LogP contribution in [0.2, 0.25) is 0 Å². The van der Waals surface area contributed by atoms with E-state index in [1.54, 1.807) is 54.6 Å². The first kappa shape index (κ1) is 18.2. The first-order valence-corrected chi connectivity index (χ1v) is 9.10. The zero-order chi connectivity index (χ0) is 17.7. The molecule has 0 saturated heterocycles. The Hall–Kier alpha value is -2.18. The summed E-state index contributed by atoms with van der Waals surface area (Å²) in [7, 11) is -2.26. The van der Waals surface area contributed by atoms with E-state index in [9.17, 15) is 13.2 Å². The number of nitrogens with one attached hydrogen (secondary N) is 1. The summed E-state index contributed by atoms with van der Waals surface area (Å²) in [5.74, 6) is -0.381. The molecule has 24 heavy (non-hydrogen) atoms. The van der Waals surface area contributed by atoms with Gasteiger partial charge in [-0.05, 0) is 38.1 Å². The van der Waals surface area contributed by atoms with Gasteiger partial charge in [0.25, 0.3) is 5.91 Å². The van der Waals surface area contributed by atoms with E-state index in [0.29, 0.717) is 5.56 Å². The Balaban J connectivity index is 2.20. The van der Waals surface area contributed by atoms with Crippen LogP contribution in [0, 0.1) is 6.92 Å². The van der Waals surface area contributed by atoms with Crippen LogP contribution in [0.4, 0.5) is 0 Å². The molecule has 0 fully saturated rings. The van der Waals surface area contributed by atoms with Gasteiger partial charge in [-0.3, -0.25) is 4.79 Å². The van der Waals surface area contributed by atoms with Crippen LogP contribution in [0.1, 0.15) is 22.8 Å². The highest BCUT2D eigenvalue weighted by Gasteiger charge is 2.32. The molecule has 5 nitrogen and oxygen atoms in total. The van der Waals surface area contributed by atoms with Crippen molar-refractivity contribution in [2.24, 2.45) is 0 Å². The van der Waals surface area contributed by atoms with Crippen LogP contribution in [0.3, 0.4) is 0 Å². The minimum absolute atomic E-state index is 0.205. The molecule has 2 aromatic carbocycles. The molecule has 0 bridgehead atoms. The number of rotatable bonds is 6. The summed E-state index contributed by atoms with van der Waals surface area (Å²) in [4.78, 5) is 12.4. The number of carbonyl (C=O) groups excluding carboxylic acids is 1. The maximum atomic E-state index is 12.7. The Kier molecular flexibility index (Phi) is 5.75. The largest absolute Gasteiger partial charge is 0.360 e. The van der Waals surface area contributed by atoms with E-state index in [4.69, 9.17) is 4.74 Å². The molecule has 1 amide bonds. The number of methoxy groups -OCH3 is 1. The summed E-state index contributed by atoms with van der Waals surface area (Å²) >= 11 is 0. The Morgan fingerprint density at radius 1 is 1.04 bits per heavy atom. The number of sulfone groups is 1. The number of carbonyl (C=O) groups is 1. The van der Waals surface area contributed by atoms with Crippen LogP contribution in [0.25, 0.3) is 0 Å². The van der Waals surface area contributed by atoms with Crippen LogP contribution in [0.15, 0.2) is 59.5 Å². The zero-order valence-corrected chi connectivity index (χ0v) is 14.7. The molecule has 2 rings (SSSR count). The van der Waals surface area contributed by atoms with Gasteiger partial charge in [0, 0.05) is 12.7 Å². The third-order valence-electron chi connectivity index (χ3n) is 3.83. The number of benzene rings is 2. The summed E-state index contributed by atoms with van der Waals surface area (Å²) in [5.41, 5.74) is 1.42. The summed E-state index contributed by atoms with van der Waals surface area (Å²) in [6, 6.07) is 15.2. The van der Waals surface area contributed by atoms with Crippen molar-refractivity contribution in [1.29, 1.82) is 0 Å². The molecule has 0 aromatic heterocycles. The van der Waals surface area contributed by atoms with Crippen LogP contribution >= 0.6 is 0 Å². The Morgan fingerprint density at radius 2 is 1.62 bits per heavy atom. The van der Waals surface area contributed by atoms with Gasteiger partial charge in [0.05, 0.1) is 4.90 Å². The lowest BCUT2D eigenvalue weighted by atomic mass is 10.2. The van der Waals surface area contributed by atoms with Gasteiger partial charge in [-0.1, -0.05) is 35.9 Å². The number of amides is 1. The Bertz CT molecular complexity index is 786. The lowest BCUT2D eigenvalue weighted by Gasteiger charge is -2.24. The van der Waals surface area contributed by atoms with Crippen LogP contribution in [-0.4, -0.2) is 32.9 Å². The van der Waals surface area contributed by atoms with Crippen molar-refractivity contribution in [2.75, 3.05) is 7.11 Å². The highest BCUT2D eigenvalue weighted by molar-refractivity contribution is 7.92. The Labute approximate surface area is 142 Å². The number of hydrogen-bond acceptors (Lipinski definition) is 4. The molecule has 0 heterocycles. The molecule has 6 heteroatoms. The maximum Gasteiger partial charge on any atom is 0.253 e. The first-order chi connectivity index (χ1) is 11.4. The van der Waals surface area contributed by atoms with Gasteiger partial charge in [-0.15, -0.1) is 0 Å². The van der Waals surface area contributed by atoms with Gasteiger partial charge in [0.15, 0.2) is 9.84 Å². The smallest absolute Gasteiger partial charge is 0.253 e. The molecule has 0 unspecified atom stereocenters. The normalized spacial score (nSPS) is 14.0. The molecular formula is C18H21NO4S. The quantitative estimate of drug-likeness (QED) is 0.815. The number of aryl methyl sites for hydroxylation is 1. The lowest BCUT2D eigenvalue weighted by Crippen LogP contribution is -2.46. The molecule has 2 aromatic rings. The Morgan fingerprint density at radius 3 is 2.17 bits per heavy atom. The predicted molar refractivity (Wildman–Crippen MR) is 92.5 cm³/mol. The average Bonchev–Trinajstić information content (AvgIpc) is 2.60. The molecule has 128 valence electrons. The summed E-state index contributed by atoms with van der Waals surface area (Å²) in [5, 5.41) is 1.70. The van der Waals surface area contributed by atoms with Gasteiger partial charge < -0.3 is 10.1 Å². The molecule has 0 spiro atoms. The lowest BCUT2D eigenvalue weighted by molar-refractivity contribution is 0.0577. The van der Waals surface area contributed by atoms with Crippen molar-refractivity contribution in [3.8, 4) is 0 Å². The van der Waals surface area contributed by atoms with Crippen molar-refractivity contribution < 1.29 is 17.9 Å². The minimum atomic E-state index is -3.63. The summed E-state index contributed by atoms with van der Waals surface area (Å²) in [6.45, 7) is 3.41. The SMILES string of the molecule is CO[C@H](NC(=O)c1ccccc1)[C@H](C)S(=O)(=O)c1ccc(C)cc1. The fourth-order valence-corrected chi connectivity index (χ4v) is 3.72.